The number of nitrogens with zero attached hydrogens (tertiary/aromatic N) is 1. The molecule has 0 fully saturated rings. The molecular formula is C20H27NO5. The zero-order valence-corrected chi connectivity index (χ0v) is 15.3. The molecule has 0 spiro atoms. The molecule has 0 amide bonds. The number of nitro groups is 1. The van der Waals surface area contributed by atoms with Crippen molar-refractivity contribution in [2.75, 3.05) is 6.61 Å². The average molecular weight is 361 g/mol. The first-order valence-electron chi connectivity index (χ1n) is 9.14. The normalized spacial score (nSPS) is 10.8. The minimum atomic E-state index is -0.562. The molecule has 0 atom stereocenters. The van der Waals surface area contributed by atoms with Crippen LogP contribution in [0, 0.1) is 10.1 Å². The Morgan fingerprint density at radius 1 is 1.08 bits per heavy atom. The third-order valence-corrected chi connectivity index (χ3v) is 3.91. The number of ketones is 1. The molecule has 1 aromatic carbocycles. The van der Waals surface area contributed by atoms with Gasteiger partial charge in [-0.25, -0.2) is 0 Å². The molecule has 6 heteroatoms. The first kappa shape index (κ1) is 21.5. The maximum absolute atomic E-state index is 11.8. The van der Waals surface area contributed by atoms with Crippen LogP contribution in [0.5, 0.6) is 0 Å². The Balaban J connectivity index is 2.26. The van der Waals surface area contributed by atoms with Crippen molar-refractivity contribution in [1.29, 1.82) is 0 Å². The Kier molecular flexibility index (Phi) is 10.6. The monoisotopic (exact) mass is 361 g/mol. The van der Waals surface area contributed by atoms with Gasteiger partial charge in [0.1, 0.15) is 6.42 Å². The molecule has 0 unspecified atom stereocenters. The van der Waals surface area contributed by atoms with Crippen LogP contribution in [0.25, 0.3) is 6.08 Å². The number of carbonyl (C=O) groups excluding carboxylic acids is 2. The topological polar surface area (TPSA) is 86.5 Å². The van der Waals surface area contributed by atoms with E-state index < -0.39 is 16.7 Å². The van der Waals surface area contributed by atoms with Crippen molar-refractivity contribution in [3.63, 3.8) is 0 Å². The SMILES string of the molecule is CCCCCCCCCOC(=O)CC(=O)C=Cc1ccccc1[N+](=O)[O-]. The van der Waals surface area contributed by atoms with Crippen LogP contribution in [0.15, 0.2) is 30.3 Å². The number of nitro benzene ring substituents is 1. The standard InChI is InChI=1S/C20H27NO5/c1-2-3-4-5-6-7-10-15-26-20(23)16-18(22)14-13-17-11-8-9-12-19(17)21(24)25/h8-9,11-14H,2-7,10,15-16H2,1H3. The molecule has 0 aliphatic carbocycles. The molecule has 1 rings (SSSR count). The third kappa shape index (κ3) is 9.11. The maximum atomic E-state index is 11.8. The van der Waals surface area contributed by atoms with Gasteiger partial charge in [0.15, 0.2) is 5.78 Å². The van der Waals surface area contributed by atoms with Gasteiger partial charge < -0.3 is 4.74 Å². The van der Waals surface area contributed by atoms with Crippen molar-refractivity contribution in [3.8, 4) is 0 Å². The second-order valence-corrected chi connectivity index (χ2v) is 6.13. The molecule has 0 saturated heterocycles. The number of ether oxygens (including phenoxy) is 1. The highest BCUT2D eigenvalue weighted by molar-refractivity contribution is 6.04. The summed E-state index contributed by atoms with van der Waals surface area (Å²) in [5, 5.41) is 10.9. The van der Waals surface area contributed by atoms with E-state index in [1.54, 1.807) is 18.2 Å². The third-order valence-electron chi connectivity index (χ3n) is 3.91. The highest BCUT2D eigenvalue weighted by Crippen LogP contribution is 2.19. The number of hydrogen-bond acceptors (Lipinski definition) is 5. The number of unbranched alkanes of at least 4 members (excludes halogenated alkanes) is 6. The van der Waals surface area contributed by atoms with Crippen LogP contribution in [-0.2, 0) is 14.3 Å². The van der Waals surface area contributed by atoms with Crippen molar-refractivity contribution in [2.24, 2.45) is 0 Å². The van der Waals surface area contributed by atoms with Crippen molar-refractivity contribution in [3.05, 3.63) is 46.0 Å². The molecule has 1 aromatic rings. The summed E-state index contributed by atoms with van der Waals surface area (Å²) in [6.45, 7) is 2.50. The number of hydrogen-bond donors (Lipinski definition) is 0. The molecule has 26 heavy (non-hydrogen) atoms. The Morgan fingerprint density at radius 3 is 2.42 bits per heavy atom. The lowest BCUT2D eigenvalue weighted by molar-refractivity contribution is -0.385. The zero-order valence-electron chi connectivity index (χ0n) is 15.3. The van der Waals surface area contributed by atoms with Crippen molar-refractivity contribution < 1.29 is 19.2 Å². The molecule has 0 radical (unpaired) electrons. The fraction of sp³-hybridized carbons (Fsp3) is 0.500. The van der Waals surface area contributed by atoms with Crippen LogP contribution in [0.4, 0.5) is 5.69 Å². The summed E-state index contributed by atoms with van der Waals surface area (Å²) in [5.74, 6) is -0.999. The first-order valence-corrected chi connectivity index (χ1v) is 9.14. The lowest BCUT2D eigenvalue weighted by atomic mass is 10.1. The largest absolute Gasteiger partial charge is 0.465 e. The van der Waals surface area contributed by atoms with Gasteiger partial charge in [-0.1, -0.05) is 57.6 Å². The van der Waals surface area contributed by atoms with Gasteiger partial charge in [0.25, 0.3) is 5.69 Å². The predicted molar refractivity (Wildman–Crippen MR) is 101 cm³/mol. The average Bonchev–Trinajstić information content (AvgIpc) is 2.62. The van der Waals surface area contributed by atoms with E-state index in [0.717, 1.165) is 19.3 Å². The summed E-state index contributed by atoms with van der Waals surface area (Å²) >= 11 is 0. The Morgan fingerprint density at radius 2 is 1.73 bits per heavy atom. The van der Waals surface area contributed by atoms with Crippen LogP contribution in [0.2, 0.25) is 0 Å². The molecule has 0 heterocycles. The smallest absolute Gasteiger partial charge is 0.313 e. The number of allylic oxidation sites excluding steroid dienone is 1. The molecule has 0 aromatic heterocycles. The van der Waals surface area contributed by atoms with Crippen LogP contribution >= 0.6 is 0 Å². The number of carbonyl (C=O) groups is 2. The minimum Gasteiger partial charge on any atom is -0.465 e. The maximum Gasteiger partial charge on any atom is 0.313 e. The van der Waals surface area contributed by atoms with Gasteiger partial charge in [-0.2, -0.15) is 0 Å². The summed E-state index contributed by atoms with van der Waals surface area (Å²) in [6.07, 6.45) is 10.1. The summed E-state index contributed by atoms with van der Waals surface area (Å²) in [7, 11) is 0. The van der Waals surface area contributed by atoms with Gasteiger partial charge in [-0.05, 0) is 24.6 Å². The van der Waals surface area contributed by atoms with Gasteiger partial charge in [-0.3, -0.25) is 19.7 Å². The Labute approximate surface area is 154 Å². The van der Waals surface area contributed by atoms with E-state index in [2.05, 4.69) is 6.92 Å². The fourth-order valence-electron chi connectivity index (χ4n) is 2.47. The number of benzene rings is 1. The van der Waals surface area contributed by atoms with E-state index in [4.69, 9.17) is 4.74 Å². The second kappa shape index (κ2) is 12.8. The Hall–Kier alpha value is -2.50. The molecule has 0 aliphatic rings. The van der Waals surface area contributed by atoms with E-state index in [1.165, 1.54) is 43.9 Å². The lowest BCUT2D eigenvalue weighted by Crippen LogP contribution is -2.10. The predicted octanol–water partition coefficient (Wildman–Crippen LogP) is 4.86. The number of esters is 1. The number of para-hydroxylation sites is 1. The Bertz CT molecular complexity index is 624. The zero-order chi connectivity index (χ0) is 19.2. The van der Waals surface area contributed by atoms with E-state index in [1.807, 2.05) is 0 Å². The van der Waals surface area contributed by atoms with Gasteiger partial charge in [0, 0.05) is 6.07 Å². The van der Waals surface area contributed by atoms with E-state index in [9.17, 15) is 19.7 Å². The first-order chi connectivity index (χ1) is 12.5. The van der Waals surface area contributed by atoms with Gasteiger partial charge in [0.05, 0.1) is 17.1 Å². The highest BCUT2D eigenvalue weighted by Gasteiger charge is 2.11. The summed E-state index contributed by atoms with van der Waals surface area (Å²) in [5.41, 5.74) is 0.236. The fourth-order valence-corrected chi connectivity index (χ4v) is 2.47. The molecule has 0 N–H and O–H groups in total. The summed E-state index contributed by atoms with van der Waals surface area (Å²) < 4.78 is 5.05. The second-order valence-electron chi connectivity index (χ2n) is 6.13. The van der Waals surface area contributed by atoms with Gasteiger partial charge in [-0.15, -0.1) is 0 Å². The molecule has 6 nitrogen and oxygen atoms in total. The highest BCUT2D eigenvalue weighted by atomic mass is 16.6. The van der Waals surface area contributed by atoms with E-state index in [0.29, 0.717) is 12.2 Å². The van der Waals surface area contributed by atoms with Gasteiger partial charge >= 0.3 is 5.97 Å². The molecule has 0 aliphatic heterocycles. The van der Waals surface area contributed by atoms with Crippen LogP contribution in [0.1, 0.15) is 63.9 Å². The molecule has 142 valence electrons. The lowest BCUT2D eigenvalue weighted by Gasteiger charge is -2.04. The quantitative estimate of drug-likeness (QED) is 0.125. The van der Waals surface area contributed by atoms with Crippen molar-refractivity contribution in [1.82, 2.24) is 0 Å². The molecule has 0 saturated carbocycles. The molecule has 0 bridgehead atoms. The molecular weight excluding hydrogens is 334 g/mol. The van der Waals surface area contributed by atoms with E-state index in [-0.39, 0.29) is 12.1 Å². The summed E-state index contributed by atoms with van der Waals surface area (Å²) in [6, 6.07) is 6.10. The van der Waals surface area contributed by atoms with Gasteiger partial charge in [0.2, 0.25) is 0 Å². The van der Waals surface area contributed by atoms with E-state index >= 15 is 0 Å². The van der Waals surface area contributed by atoms with Crippen molar-refractivity contribution >= 4 is 23.5 Å². The van der Waals surface area contributed by atoms with Crippen molar-refractivity contribution in [2.45, 2.75) is 58.3 Å². The van der Waals surface area contributed by atoms with Crippen LogP contribution in [0.3, 0.4) is 0 Å². The van der Waals surface area contributed by atoms with Crippen LogP contribution < -0.4 is 0 Å². The number of rotatable bonds is 13. The van der Waals surface area contributed by atoms with Crippen LogP contribution in [-0.4, -0.2) is 23.3 Å². The minimum absolute atomic E-state index is 0.0851. The summed E-state index contributed by atoms with van der Waals surface area (Å²) in [4.78, 5) is 33.8.